The number of amides is 1. The molecule has 2 N–H and O–H groups in total. The lowest BCUT2D eigenvalue weighted by atomic mass is 9.95. The van der Waals surface area contributed by atoms with Gasteiger partial charge in [-0.15, -0.1) is 0 Å². The Morgan fingerprint density at radius 1 is 1.04 bits per heavy atom. The summed E-state index contributed by atoms with van der Waals surface area (Å²) < 4.78 is 5.71. The van der Waals surface area contributed by atoms with Crippen molar-refractivity contribution in [2.75, 3.05) is 5.32 Å². The first-order valence-corrected chi connectivity index (χ1v) is 8.44. The molecule has 0 saturated heterocycles. The predicted octanol–water partition coefficient (Wildman–Crippen LogP) is 3.71. The number of aliphatic carboxylic acids is 1. The van der Waals surface area contributed by atoms with Gasteiger partial charge in [0.1, 0.15) is 12.4 Å². The van der Waals surface area contributed by atoms with Gasteiger partial charge in [-0.3, -0.25) is 9.59 Å². The normalized spacial score (nSPS) is 19.4. The first-order valence-electron chi connectivity index (χ1n) is 8.44. The van der Waals surface area contributed by atoms with E-state index in [1.165, 1.54) is 0 Å². The number of carbonyl (C=O) groups excluding carboxylic acids is 1. The van der Waals surface area contributed by atoms with E-state index in [2.05, 4.69) is 5.32 Å². The number of hydrogen-bond donors (Lipinski definition) is 2. The second-order valence-corrected chi connectivity index (χ2v) is 6.27. The van der Waals surface area contributed by atoms with Crippen LogP contribution in [0.4, 0.5) is 5.69 Å². The quantitative estimate of drug-likeness (QED) is 0.841. The average Bonchev–Trinajstić information content (AvgIpc) is 3.11. The molecule has 0 spiro atoms. The van der Waals surface area contributed by atoms with E-state index in [-0.39, 0.29) is 5.91 Å². The van der Waals surface area contributed by atoms with Crippen molar-refractivity contribution in [3.05, 3.63) is 60.2 Å². The van der Waals surface area contributed by atoms with Crippen LogP contribution in [0.15, 0.2) is 54.6 Å². The molecule has 1 aliphatic carbocycles. The average molecular weight is 339 g/mol. The highest BCUT2D eigenvalue weighted by Crippen LogP contribution is 2.33. The van der Waals surface area contributed by atoms with E-state index >= 15 is 0 Å². The zero-order valence-electron chi connectivity index (χ0n) is 13.9. The minimum Gasteiger partial charge on any atom is -0.489 e. The summed E-state index contributed by atoms with van der Waals surface area (Å²) in [5.41, 5.74) is 1.60. The minimum atomic E-state index is -0.886. The van der Waals surface area contributed by atoms with E-state index in [0.29, 0.717) is 25.1 Å². The molecule has 130 valence electrons. The Hall–Kier alpha value is -2.82. The molecular formula is C20H21NO4. The van der Waals surface area contributed by atoms with Crippen molar-refractivity contribution in [3.63, 3.8) is 0 Å². The topological polar surface area (TPSA) is 75.6 Å². The molecule has 0 aliphatic heterocycles. The van der Waals surface area contributed by atoms with E-state index in [9.17, 15) is 14.7 Å². The van der Waals surface area contributed by atoms with Gasteiger partial charge in [0.15, 0.2) is 0 Å². The van der Waals surface area contributed by atoms with Crippen LogP contribution in [-0.2, 0) is 16.2 Å². The number of rotatable bonds is 6. The van der Waals surface area contributed by atoms with Gasteiger partial charge in [-0.05, 0) is 42.7 Å². The van der Waals surface area contributed by atoms with Crippen LogP contribution < -0.4 is 10.1 Å². The van der Waals surface area contributed by atoms with Crippen molar-refractivity contribution in [2.24, 2.45) is 11.8 Å². The lowest BCUT2D eigenvalue weighted by Gasteiger charge is -2.16. The Labute approximate surface area is 146 Å². The fraction of sp³-hybridized carbons (Fsp3) is 0.300. The molecular weight excluding hydrogens is 318 g/mol. The smallest absolute Gasteiger partial charge is 0.307 e. The molecule has 2 aromatic carbocycles. The third kappa shape index (κ3) is 4.38. The highest BCUT2D eigenvalue weighted by Gasteiger charge is 2.37. The molecule has 25 heavy (non-hydrogen) atoms. The summed E-state index contributed by atoms with van der Waals surface area (Å²) in [5.74, 6) is -1.35. The molecule has 0 unspecified atom stereocenters. The van der Waals surface area contributed by atoms with E-state index < -0.39 is 17.8 Å². The number of anilines is 1. The number of carboxylic acids is 1. The van der Waals surface area contributed by atoms with E-state index in [1.54, 1.807) is 6.07 Å². The number of ether oxygens (including phenoxy) is 1. The maximum Gasteiger partial charge on any atom is 0.307 e. The Balaban J connectivity index is 1.61. The molecule has 1 saturated carbocycles. The van der Waals surface area contributed by atoms with Crippen molar-refractivity contribution in [1.82, 2.24) is 0 Å². The Bertz CT molecular complexity index is 744. The van der Waals surface area contributed by atoms with Crippen LogP contribution in [0.3, 0.4) is 0 Å². The van der Waals surface area contributed by atoms with Gasteiger partial charge in [-0.25, -0.2) is 0 Å². The molecule has 2 atom stereocenters. The zero-order chi connectivity index (χ0) is 17.6. The summed E-state index contributed by atoms with van der Waals surface area (Å²) in [6.45, 7) is 0.398. The molecule has 0 radical (unpaired) electrons. The standard InChI is InChI=1S/C20H21NO4/c22-19(17-10-5-11-18(17)20(23)24)21-15-7-4-6-14(12-15)13-25-16-8-2-1-3-9-16/h1-4,6-9,12,17-18H,5,10-11,13H2,(H,21,22)(H,23,24)/t17-,18+/m0/s1. The SMILES string of the molecule is O=C(Nc1cccc(COc2ccccc2)c1)[C@H]1CCC[C@H]1C(=O)O. The molecule has 1 fully saturated rings. The van der Waals surface area contributed by atoms with Crippen molar-refractivity contribution < 1.29 is 19.4 Å². The molecule has 0 bridgehead atoms. The Morgan fingerprint density at radius 2 is 1.80 bits per heavy atom. The number of nitrogens with one attached hydrogen (secondary N) is 1. The maximum absolute atomic E-state index is 12.4. The summed E-state index contributed by atoms with van der Waals surface area (Å²) in [7, 11) is 0. The monoisotopic (exact) mass is 339 g/mol. The second-order valence-electron chi connectivity index (χ2n) is 6.27. The van der Waals surface area contributed by atoms with Crippen molar-refractivity contribution in [3.8, 4) is 5.75 Å². The maximum atomic E-state index is 12.4. The molecule has 0 heterocycles. The molecule has 1 amide bonds. The fourth-order valence-corrected chi connectivity index (χ4v) is 3.23. The minimum absolute atomic E-state index is 0.217. The highest BCUT2D eigenvalue weighted by atomic mass is 16.5. The van der Waals surface area contributed by atoms with Crippen LogP contribution in [0.5, 0.6) is 5.75 Å². The second kappa shape index (κ2) is 7.83. The predicted molar refractivity (Wildman–Crippen MR) is 94.3 cm³/mol. The number of carboxylic acid groups (broad SMARTS) is 1. The summed E-state index contributed by atoms with van der Waals surface area (Å²) in [4.78, 5) is 23.7. The first-order chi connectivity index (χ1) is 12.1. The van der Waals surface area contributed by atoms with Crippen LogP contribution in [-0.4, -0.2) is 17.0 Å². The Morgan fingerprint density at radius 3 is 2.56 bits per heavy atom. The van der Waals surface area contributed by atoms with Gasteiger partial charge in [0.25, 0.3) is 0 Å². The van der Waals surface area contributed by atoms with Gasteiger partial charge in [-0.2, -0.15) is 0 Å². The van der Waals surface area contributed by atoms with Crippen LogP contribution in [0.25, 0.3) is 0 Å². The number of benzene rings is 2. The van der Waals surface area contributed by atoms with Crippen LogP contribution in [0.2, 0.25) is 0 Å². The van der Waals surface area contributed by atoms with Gasteiger partial charge in [0.2, 0.25) is 5.91 Å². The molecule has 0 aromatic heterocycles. The summed E-state index contributed by atoms with van der Waals surface area (Å²) in [5, 5.41) is 12.1. The lowest BCUT2D eigenvalue weighted by Crippen LogP contribution is -2.30. The van der Waals surface area contributed by atoms with Gasteiger partial charge >= 0.3 is 5.97 Å². The number of hydrogen-bond acceptors (Lipinski definition) is 3. The Kier molecular flexibility index (Phi) is 5.33. The molecule has 2 aromatic rings. The van der Waals surface area contributed by atoms with E-state index in [1.807, 2.05) is 48.5 Å². The van der Waals surface area contributed by atoms with Gasteiger partial charge < -0.3 is 15.2 Å². The van der Waals surface area contributed by atoms with Gasteiger partial charge in [-0.1, -0.05) is 36.8 Å². The van der Waals surface area contributed by atoms with Crippen LogP contribution >= 0.6 is 0 Å². The third-order valence-electron chi connectivity index (χ3n) is 4.51. The summed E-state index contributed by atoms with van der Waals surface area (Å²) >= 11 is 0. The summed E-state index contributed by atoms with van der Waals surface area (Å²) in [6, 6.07) is 16.9. The van der Waals surface area contributed by atoms with Crippen molar-refractivity contribution in [2.45, 2.75) is 25.9 Å². The lowest BCUT2D eigenvalue weighted by molar-refractivity contribution is -0.145. The van der Waals surface area contributed by atoms with Crippen LogP contribution in [0, 0.1) is 11.8 Å². The zero-order valence-corrected chi connectivity index (χ0v) is 13.9. The van der Waals surface area contributed by atoms with Crippen molar-refractivity contribution >= 4 is 17.6 Å². The van der Waals surface area contributed by atoms with Crippen molar-refractivity contribution in [1.29, 1.82) is 0 Å². The largest absolute Gasteiger partial charge is 0.489 e. The highest BCUT2D eigenvalue weighted by molar-refractivity contribution is 5.95. The molecule has 1 aliphatic rings. The third-order valence-corrected chi connectivity index (χ3v) is 4.51. The number of para-hydroxylation sites is 1. The first kappa shape index (κ1) is 17.0. The van der Waals surface area contributed by atoms with Crippen LogP contribution in [0.1, 0.15) is 24.8 Å². The molecule has 3 rings (SSSR count). The molecule has 5 nitrogen and oxygen atoms in total. The number of carbonyl (C=O) groups is 2. The van der Waals surface area contributed by atoms with E-state index in [0.717, 1.165) is 17.7 Å². The van der Waals surface area contributed by atoms with E-state index in [4.69, 9.17) is 4.74 Å². The fourth-order valence-electron chi connectivity index (χ4n) is 3.23. The summed E-state index contributed by atoms with van der Waals surface area (Å²) in [6.07, 6.45) is 1.97. The van der Waals surface area contributed by atoms with Gasteiger partial charge in [0.05, 0.1) is 11.8 Å². The van der Waals surface area contributed by atoms with Gasteiger partial charge in [0, 0.05) is 5.69 Å². The molecule has 5 heteroatoms.